The number of non-ortho nitro benzene ring substituents is 1. The number of nitrogens with zero attached hydrogens (tertiary/aromatic N) is 4. The van der Waals surface area contributed by atoms with Crippen molar-refractivity contribution in [1.82, 2.24) is 15.2 Å². The first-order valence-electron chi connectivity index (χ1n) is 8.40. The van der Waals surface area contributed by atoms with Crippen LogP contribution in [0.15, 0.2) is 52.1 Å². The zero-order chi connectivity index (χ0) is 19.7. The van der Waals surface area contributed by atoms with Crippen molar-refractivity contribution in [1.29, 1.82) is 0 Å². The van der Waals surface area contributed by atoms with Crippen molar-refractivity contribution < 1.29 is 9.66 Å². The van der Waals surface area contributed by atoms with Gasteiger partial charge in [-0.3, -0.25) is 10.1 Å². The van der Waals surface area contributed by atoms with Gasteiger partial charge in [0.05, 0.1) is 4.92 Å². The summed E-state index contributed by atoms with van der Waals surface area (Å²) in [6.45, 7) is 2.01. The fourth-order valence-corrected chi connectivity index (χ4v) is 3.65. The van der Waals surface area contributed by atoms with Gasteiger partial charge >= 0.3 is 0 Å². The lowest BCUT2D eigenvalue weighted by Crippen LogP contribution is -2.17. The lowest BCUT2D eigenvalue weighted by molar-refractivity contribution is -0.384. The minimum absolute atomic E-state index is 0.0210. The van der Waals surface area contributed by atoms with Gasteiger partial charge < -0.3 is 10.1 Å². The van der Waals surface area contributed by atoms with Gasteiger partial charge in [0.25, 0.3) is 5.69 Å². The topological polar surface area (TPSA) is 103 Å². The number of hydrogen-bond acceptors (Lipinski definition) is 8. The molecule has 0 fully saturated rings. The van der Waals surface area contributed by atoms with Crippen molar-refractivity contribution in [2.24, 2.45) is 0 Å². The highest BCUT2D eigenvalue weighted by atomic mass is 79.9. The van der Waals surface area contributed by atoms with Gasteiger partial charge in [-0.1, -0.05) is 34.6 Å². The van der Waals surface area contributed by atoms with E-state index >= 15 is 0 Å². The standard InChI is InChI=1S/C18H14BrN5O3S/c1-2-28-18-21-17-15(22-23-18)13-9-11(19)5-8-14(13)20-16(27-17)10-3-6-12(7-4-10)24(25)26/h3-9,16,20H,2H2,1H3/t16-/m1/s1. The maximum Gasteiger partial charge on any atom is 0.269 e. The Kier molecular flexibility index (Phi) is 5.14. The number of anilines is 1. The average Bonchev–Trinajstić information content (AvgIpc) is 2.84. The van der Waals surface area contributed by atoms with Crippen LogP contribution in [0.2, 0.25) is 0 Å². The van der Waals surface area contributed by atoms with E-state index < -0.39 is 11.2 Å². The Hall–Kier alpha value is -2.72. The molecule has 0 spiro atoms. The molecule has 0 radical (unpaired) electrons. The first-order chi connectivity index (χ1) is 13.5. The normalized spacial score (nSPS) is 14.9. The Morgan fingerprint density at radius 1 is 1.25 bits per heavy atom. The molecular formula is C18H14BrN5O3S. The van der Waals surface area contributed by atoms with Gasteiger partial charge in [0.15, 0.2) is 11.9 Å². The maximum atomic E-state index is 10.9. The highest BCUT2D eigenvalue weighted by Crippen LogP contribution is 2.40. The molecule has 0 bridgehead atoms. The molecular weight excluding hydrogens is 446 g/mol. The van der Waals surface area contributed by atoms with Crippen LogP contribution >= 0.6 is 27.7 Å². The molecule has 0 amide bonds. The fourth-order valence-electron chi connectivity index (χ4n) is 2.78. The number of aromatic nitrogens is 3. The smallest absolute Gasteiger partial charge is 0.269 e. The molecule has 1 aliphatic rings. The van der Waals surface area contributed by atoms with Crippen LogP contribution in [0.3, 0.4) is 0 Å². The molecule has 142 valence electrons. The summed E-state index contributed by atoms with van der Waals surface area (Å²) in [4.78, 5) is 15.0. The number of fused-ring (bicyclic) bond motifs is 3. The highest BCUT2D eigenvalue weighted by Gasteiger charge is 2.26. The summed E-state index contributed by atoms with van der Waals surface area (Å²) in [6, 6.07) is 12.0. The van der Waals surface area contributed by atoms with Crippen LogP contribution < -0.4 is 10.1 Å². The van der Waals surface area contributed by atoms with Gasteiger partial charge in [-0.2, -0.15) is 4.98 Å². The lowest BCUT2D eigenvalue weighted by atomic mass is 10.1. The van der Waals surface area contributed by atoms with Crippen LogP contribution in [0.25, 0.3) is 11.3 Å². The van der Waals surface area contributed by atoms with Gasteiger partial charge in [-0.05, 0) is 36.1 Å². The quantitative estimate of drug-likeness (QED) is 0.336. The highest BCUT2D eigenvalue weighted by molar-refractivity contribution is 9.10. The van der Waals surface area contributed by atoms with E-state index in [4.69, 9.17) is 4.74 Å². The average molecular weight is 460 g/mol. The van der Waals surface area contributed by atoms with E-state index in [9.17, 15) is 10.1 Å². The fraction of sp³-hybridized carbons (Fsp3) is 0.167. The van der Waals surface area contributed by atoms with Crippen LogP contribution in [0.4, 0.5) is 11.4 Å². The molecule has 4 rings (SSSR count). The van der Waals surface area contributed by atoms with Gasteiger partial charge in [0.2, 0.25) is 11.0 Å². The van der Waals surface area contributed by atoms with Crippen molar-refractivity contribution >= 4 is 39.1 Å². The van der Waals surface area contributed by atoms with E-state index in [-0.39, 0.29) is 5.69 Å². The third kappa shape index (κ3) is 3.65. The SMILES string of the molecule is CCSc1nnc2c(n1)O[C@H](c1ccc([N+](=O)[O-])cc1)Nc1ccc(Br)cc1-2. The molecule has 3 aromatic rings. The molecule has 0 saturated heterocycles. The molecule has 8 nitrogen and oxygen atoms in total. The van der Waals surface area contributed by atoms with Crippen molar-refractivity contribution in [2.45, 2.75) is 18.3 Å². The first kappa shape index (κ1) is 18.6. The Balaban J connectivity index is 1.80. The molecule has 1 atom stereocenters. The van der Waals surface area contributed by atoms with Crippen LogP contribution in [-0.4, -0.2) is 25.9 Å². The molecule has 1 aliphatic heterocycles. The van der Waals surface area contributed by atoms with E-state index in [1.54, 1.807) is 12.1 Å². The van der Waals surface area contributed by atoms with Gasteiger partial charge in [-0.15, -0.1) is 10.2 Å². The van der Waals surface area contributed by atoms with E-state index in [0.29, 0.717) is 16.7 Å². The van der Waals surface area contributed by atoms with Gasteiger partial charge in [-0.25, -0.2) is 0 Å². The summed E-state index contributed by atoms with van der Waals surface area (Å²) in [7, 11) is 0. The van der Waals surface area contributed by atoms with Crippen molar-refractivity contribution in [2.75, 3.05) is 11.1 Å². The molecule has 2 aromatic carbocycles. The van der Waals surface area contributed by atoms with Crippen LogP contribution in [0, 0.1) is 10.1 Å². The number of thioether (sulfide) groups is 1. The van der Waals surface area contributed by atoms with Gasteiger partial charge in [0, 0.05) is 33.4 Å². The Morgan fingerprint density at radius 3 is 2.75 bits per heavy atom. The molecule has 1 N–H and O–H groups in total. The van der Waals surface area contributed by atoms with Gasteiger partial charge in [0.1, 0.15) is 0 Å². The largest absolute Gasteiger partial charge is 0.448 e. The van der Waals surface area contributed by atoms with Crippen molar-refractivity contribution in [3.8, 4) is 17.1 Å². The predicted octanol–water partition coefficient (Wildman–Crippen LogP) is 4.82. The molecule has 2 heterocycles. The molecule has 0 unspecified atom stereocenters. The molecule has 0 saturated carbocycles. The second kappa shape index (κ2) is 7.72. The van der Waals surface area contributed by atoms with E-state index in [1.165, 1.54) is 23.9 Å². The Labute approximate surface area is 173 Å². The number of benzene rings is 2. The number of hydrogen-bond donors (Lipinski definition) is 1. The summed E-state index contributed by atoms with van der Waals surface area (Å²) in [5, 5.41) is 23.3. The summed E-state index contributed by atoms with van der Waals surface area (Å²) < 4.78 is 7.02. The monoisotopic (exact) mass is 459 g/mol. The van der Waals surface area contributed by atoms with E-state index in [0.717, 1.165) is 27.0 Å². The molecule has 0 aliphatic carbocycles. The van der Waals surface area contributed by atoms with Crippen LogP contribution in [-0.2, 0) is 0 Å². The number of nitro benzene ring substituents is 1. The molecule has 1 aromatic heterocycles. The summed E-state index contributed by atoms with van der Waals surface area (Å²) in [5.74, 6) is 1.17. The van der Waals surface area contributed by atoms with E-state index in [2.05, 4.69) is 36.4 Å². The Bertz CT molecular complexity index is 1050. The lowest BCUT2D eigenvalue weighted by Gasteiger charge is -2.19. The second-order valence-corrected chi connectivity index (χ2v) is 8.01. The number of halogens is 1. The number of ether oxygens (including phenoxy) is 1. The Morgan fingerprint density at radius 2 is 2.04 bits per heavy atom. The minimum Gasteiger partial charge on any atom is -0.448 e. The van der Waals surface area contributed by atoms with Crippen LogP contribution in [0.1, 0.15) is 18.7 Å². The number of rotatable bonds is 4. The summed E-state index contributed by atoms with van der Waals surface area (Å²) in [6.07, 6.45) is -0.585. The third-order valence-corrected chi connectivity index (χ3v) is 5.28. The van der Waals surface area contributed by atoms with Crippen molar-refractivity contribution in [3.05, 3.63) is 62.6 Å². The first-order valence-corrected chi connectivity index (χ1v) is 10.2. The van der Waals surface area contributed by atoms with Crippen LogP contribution in [0.5, 0.6) is 5.88 Å². The number of nitro groups is 1. The second-order valence-electron chi connectivity index (χ2n) is 5.86. The maximum absolute atomic E-state index is 10.9. The zero-order valence-corrected chi connectivity index (χ0v) is 17.0. The third-order valence-electron chi connectivity index (χ3n) is 4.07. The minimum atomic E-state index is -0.585. The van der Waals surface area contributed by atoms with Crippen molar-refractivity contribution in [3.63, 3.8) is 0 Å². The molecule has 10 heteroatoms. The van der Waals surface area contributed by atoms with E-state index in [1.807, 2.05) is 25.1 Å². The zero-order valence-electron chi connectivity index (χ0n) is 14.6. The number of nitrogens with one attached hydrogen (secondary N) is 1. The molecule has 28 heavy (non-hydrogen) atoms. The predicted molar refractivity (Wildman–Crippen MR) is 109 cm³/mol. The summed E-state index contributed by atoms with van der Waals surface area (Å²) in [5.41, 5.74) is 2.90. The summed E-state index contributed by atoms with van der Waals surface area (Å²) >= 11 is 4.96.